The Morgan fingerprint density at radius 2 is 2.11 bits per heavy atom. The Bertz CT molecular complexity index is 541. The Morgan fingerprint density at radius 3 is 2.68 bits per heavy atom. The highest BCUT2D eigenvalue weighted by Crippen LogP contribution is 2.05. The van der Waals surface area contributed by atoms with Crippen molar-refractivity contribution >= 4 is 15.7 Å². The fourth-order valence-electron chi connectivity index (χ4n) is 1.68. The highest BCUT2D eigenvalue weighted by molar-refractivity contribution is 7.91. The average Bonchev–Trinajstić information content (AvgIpc) is 2.36. The summed E-state index contributed by atoms with van der Waals surface area (Å²) in [4.78, 5) is 11.0. The summed E-state index contributed by atoms with van der Waals surface area (Å²) < 4.78 is 22.9. The molecule has 1 rings (SSSR count). The highest BCUT2D eigenvalue weighted by atomic mass is 32.2. The first-order valence-corrected chi connectivity index (χ1v) is 7.98. The van der Waals surface area contributed by atoms with Gasteiger partial charge in [-0.05, 0) is 24.6 Å². The molecule has 0 fully saturated rings. The summed E-state index contributed by atoms with van der Waals surface area (Å²) in [5.41, 5.74) is 6.55. The van der Waals surface area contributed by atoms with Crippen LogP contribution in [-0.2, 0) is 16.4 Å². The van der Waals surface area contributed by atoms with E-state index in [9.17, 15) is 13.2 Å². The largest absolute Gasteiger partial charge is 0.366 e. The van der Waals surface area contributed by atoms with E-state index in [1.54, 1.807) is 25.1 Å². The van der Waals surface area contributed by atoms with Gasteiger partial charge >= 0.3 is 0 Å². The van der Waals surface area contributed by atoms with Gasteiger partial charge in [-0.1, -0.05) is 19.1 Å². The molecule has 1 aromatic carbocycles. The van der Waals surface area contributed by atoms with Gasteiger partial charge < -0.3 is 11.1 Å². The van der Waals surface area contributed by atoms with E-state index in [-0.39, 0.29) is 17.5 Å². The summed E-state index contributed by atoms with van der Waals surface area (Å²) >= 11 is 0. The number of nitrogens with one attached hydrogen (secondary N) is 1. The average molecular weight is 284 g/mol. The van der Waals surface area contributed by atoms with Crippen LogP contribution < -0.4 is 11.1 Å². The fourth-order valence-corrected chi connectivity index (χ4v) is 2.80. The van der Waals surface area contributed by atoms with Crippen molar-refractivity contribution in [3.63, 3.8) is 0 Å². The lowest BCUT2D eigenvalue weighted by Crippen LogP contribution is -2.33. The topological polar surface area (TPSA) is 89.3 Å². The Kier molecular flexibility index (Phi) is 5.50. The summed E-state index contributed by atoms with van der Waals surface area (Å²) in [6.45, 7) is 3.96. The van der Waals surface area contributed by atoms with Crippen LogP contribution in [0.4, 0.5) is 0 Å². The lowest BCUT2D eigenvalue weighted by molar-refractivity contribution is 0.1000. The molecule has 1 atom stereocenters. The molecule has 0 aliphatic heterocycles. The zero-order valence-electron chi connectivity index (χ0n) is 11.2. The molecule has 0 aliphatic rings. The fraction of sp³-hybridized carbons (Fsp3) is 0.462. The zero-order valence-corrected chi connectivity index (χ0v) is 12.0. The number of amides is 1. The van der Waals surface area contributed by atoms with Crippen LogP contribution in [0.25, 0.3) is 0 Å². The van der Waals surface area contributed by atoms with Crippen molar-refractivity contribution < 1.29 is 13.2 Å². The van der Waals surface area contributed by atoms with Crippen LogP contribution in [0.2, 0.25) is 0 Å². The first kappa shape index (κ1) is 15.7. The maximum absolute atomic E-state index is 11.5. The number of hydrogen-bond donors (Lipinski definition) is 2. The summed E-state index contributed by atoms with van der Waals surface area (Å²) in [7, 11) is -2.98. The maximum atomic E-state index is 11.5. The summed E-state index contributed by atoms with van der Waals surface area (Å²) in [6.07, 6.45) is 0. The van der Waals surface area contributed by atoms with Crippen molar-refractivity contribution in [2.75, 3.05) is 11.5 Å². The lowest BCUT2D eigenvalue weighted by Gasteiger charge is -2.13. The van der Waals surface area contributed by atoms with Crippen LogP contribution in [0.3, 0.4) is 0 Å². The molecule has 0 aromatic heterocycles. The van der Waals surface area contributed by atoms with E-state index < -0.39 is 15.7 Å². The minimum atomic E-state index is -2.98. The van der Waals surface area contributed by atoms with E-state index >= 15 is 0 Å². The van der Waals surface area contributed by atoms with E-state index in [0.717, 1.165) is 5.56 Å². The molecule has 0 radical (unpaired) electrons. The molecule has 19 heavy (non-hydrogen) atoms. The van der Waals surface area contributed by atoms with Gasteiger partial charge in [0.1, 0.15) is 0 Å². The van der Waals surface area contributed by atoms with E-state index in [1.165, 1.54) is 0 Å². The number of rotatable bonds is 7. The second-order valence-electron chi connectivity index (χ2n) is 4.55. The van der Waals surface area contributed by atoms with Gasteiger partial charge in [0.2, 0.25) is 5.91 Å². The van der Waals surface area contributed by atoms with Crippen molar-refractivity contribution in [2.24, 2.45) is 5.73 Å². The molecule has 0 saturated carbocycles. The molecular formula is C13H20N2O3S. The normalized spacial score (nSPS) is 13.2. The molecule has 0 spiro atoms. The van der Waals surface area contributed by atoms with Crippen LogP contribution in [0.5, 0.6) is 0 Å². The van der Waals surface area contributed by atoms with Crippen molar-refractivity contribution in [1.29, 1.82) is 0 Å². The second kappa shape index (κ2) is 6.68. The van der Waals surface area contributed by atoms with Gasteiger partial charge in [-0.3, -0.25) is 4.79 Å². The highest BCUT2D eigenvalue weighted by Gasteiger charge is 2.13. The molecule has 1 amide bonds. The summed E-state index contributed by atoms with van der Waals surface area (Å²) in [6, 6.07) is 6.83. The number of nitrogens with two attached hydrogens (primary N) is 1. The number of carbonyl (C=O) groups excluding carboxylic acids is 1. The number of carbonyl (C=O) groups is 1. The predicted molar refractivity (Wildman–Crippen MR) is 75.6 cm³/mol. The molecule has 6 heteroatoms. The first-order valence-electron chi connectivity index (χ1n) is 6.16. The number of benzene rings is 1. The predicted octanol–water partition coefficient (Wildman–Crippen LogP) is 0.698. The summed E-state index contributed by atoms with van der Waals surface area (Å²) in [5.74, 6) is -0.210. The van der Waals surface area contributed by atoms with Gasteiger partial charge in [-0.25, -0.2) is 8.42 Å². The van der Waals surface area contributed by atoms with Gasteiger partial charge in [0, 0.05) is 23.9 Å². The van der Waals surface area contributed by atoms with E-state index in [2.05, 4.69) is 5.32 Å². The second-order valence-corrected chi connectivity index (χ2v) is 6.94. The molecule has 0 saturated heterocycles. The molecule has 106 valence electrons. The Hall–Kier alpha value is -1.40. The van der Waals surface area contributed by atoms with Crippen molar-refractivity contribution in [3.8, 4) is 0 Å². The quantitative estimate of drug-likeness (QED) is 0.771. The van der Waals surface area contributed by atoms with Crippen LogP contribution >= 0.6 is 0 Å². The third kappa shape index (κ3) is 5.40. The van der Waals surface area contributed by atoms with E-state index in [4.69, 9.17) is 5.73 Å². The third-order valence-electron chi connectivity index (χ3n) is 2.81. The molecule has 1 aromatic rings. The molecule has 5 nitrogen and oxygen atoms in total. The summed E-state index contributed by atoms with van der Waals surface area (Å²) in [5, 5.41) is 3.12. The van der Waals surface area contributed by atoms with Crippen LogP contribution in [0, 0.1) is 0 Å². The van der Waals surface area contributed by atoms with Gasteiger partial charge in [0.05, 0.1) is 5.75 Å². The molecule has 0 bridgehead atoms. The van der Waals surface area contributed by atoms with Crippen LogP contribution in [0.1, 0.15) is 29.8 Å². The van der Waals surface area contributed by atoms with Gasteiger partial charge in [-0.2, -0.15) is 0 Å². The van der Waals surface area contributed by atoms with E-state index in [0.29, 0.717) is 12.1 Å². The number of hydrogen-bond acceptors (Lipinski definition) is 4. The lowest BCUT2D eigenvalue weighted by atomic mass is 10.1. The monoisotopic (exact) mass is 284 g/mol. The maximum Gasteiger partial charge on any atom is 0.248 e. The Labute approximate surface area is 114 Å². The molecular weight excluding hydrogens is 264 g/mol. The van der Waals surface area contributed by atoms with Crippen molar-refractivity contribution in [1.82, 2.24) is 5.32 Å². The molecule has 0 heterocycles. The Balaban J connectivity index is 2.57. The van der Waals surface area contributed by atoms with Gasteiger partial charge in [0.15, 0.2) is 9.84 Å². The Morgan fingerprint density at radius 1 is 1.42 bits per heavy atom. The van der Waals surface area contributed by atoms with Crippen LogP contribution in [0.15, 0.2) is 24.3 Å². The minimum absolute atomic E-state index is 0.110. The molecule has 1 unspecified atom stereocenters. The molecule has 3 N–H and O–H groups in total. The van der Waals surface area contributed by atoms with Gasteiger partial charge in [0.25, 0.3) is 0 Å². The first-order chi connectivity index (χ1) is 8.84. The number of primary amides is 1. The number of sulfone groups is 1. The SMILES string of the molecule is CCS(=O)(=O)CC(C)NCc1cccc(C(N)=O)c1. The van der Waals surface area contributed by atoms with Crippen molar-refractivity contribution in [2.45, 2.75) is 26.4 Å². The van der Waals surface area contributed by atoms with Crippen LogP contribution in [-0.4, -0.2) is 31.9 Å². The minimum Gasteiger partial charge on any atom is -0.366 e. The standard InChI is InChI=1S/C13H20N2O3S/c1-3-19(17,18)9-10(2)15-8-11-5-4-6-12(7-11)13(14)16/h4-7,10,15H,3,8-9H2,1-2H3,(H2,14,16). The third-order valence-corrected chi connectivity index (χ3v) is 4.70. The zero-order chi connectivity index (χ0) is 14.5. The van der Waals surface area contributed by atoms with Gasteiger partial charge in [-0.15, -0.1) is 0 Å². The molecule has 0 aliphatic carbocycles. The van der Waals surface area contributed by atoms with E-state index in [1.807, 2.05) is 13.0 Å². The smallest absolute Gasteiger partial charge is 0.248 e. The van der Waals surface area contributed by atoms with Crippen molar-refractivity contribution in [3.05, 3.63) is 35.4 Å².